The molecule has 0 bridgehead atoms. The zero-order valence-corrected chi connectivity index (χ0v) is 18.1. The first-order valence-corrected chi connectivity index (χ1v) is 10.4. The summed E-state index contributed by atoms with van der Waals surface area (Å²) < 4.78 is 10.3. The van der Waals surface area contributed by atoms with Crippen LogP contribution in [0.1, 0.15) is 40.0 Å². The number of hydrogen-bond donors (Lipinski definition) is 2. The van der Waals surface area contributed by atoms with Crippen molar-refractivity contribution in [3.63, 3.8) is 0 Å². The second-order valence-corrected chi connectivity index (χ2v) is 7.78. The maximum atomic E-state index is 12.6. The molecule has 9 heteroatoms. The number of carboxylic acids is 1. The third kappa shape index (κ3) is 4.30. The average molecular weight is 449 g/mol. The molecule has 0 radical (unpaired) electrons. The normalized spacial score (nSPS) is 13.0. The van der Waals surface area contributed by atoms with E-state index in [2.05, 4.69) is 22.6 Å². The smallest absolute Gasteiger partial charge is 0.407 e. The fourth-order valence-corrected chi connectivity index (χ4v) is 3.90. The van der Waals surface area contributed by atoms with Gasteiger partial charge in [0.2, 0.25) is 0 Å². The molecule has 3 aromatic rings. The molecule has 0 fully saturated rings. The Morgan fingerprint density at radius 1 is 1.12 bits per heavy atom. The number of ether oxygens (including phenoxy) is 1. The summed E-state index contributed by atoms with van der Waals surface area (Å²) >= 11 is 0. The third-order valence-corrected chi connectivity index (χ3v) is 5.88. The van der Waals surface area contributed by atoms with E-state index < -0.39 is 24.0 Å². The number of nitrogens with one attached hydrogen (secondary N) is 1. The number of carbonyl (C=O) groups is 3. The fourth-order valence-electron chi connectivity index (χ4n) is 3.90. The van der Waals surface area contributed by atoms with E-state index >= 15 is 0 Å². The van der Waals surface area contributed by atoms with Crippen LogP contribution in [0.25, 0.3) is 11.1 Å². The molecule has 1 unspecified atom stereocenters. The van der Waals surface area contributed by atoms with Gasteiger partial charge in [-0.05, 0) is 29.2 Å². The lowest BCUT2D eigenvalue weighted by Crippen LogP contribution is -2.40. The molecule has 2 amide bonds. The number of rotatable bonds is 7. The van der Waals surface area contributed by atoms with Gasteiger partial charge in [0.25, 0.3) is 5.91 Å². The highest BCUT2D eigenvalue weighted by Crippen LogP contribution is 2.44. The average Bonchev–Trinajstić information content (AvgIpc) is 3.42. The quantitative estimate of drug-likeness (QED) is 0.568. The molecule has 33 heavy (non-hydrogen) atoms. The molecular weight excluding hydrogens is 426 g/mol. The van der Waals surface area contributed by atoms with E-state index in [4.69, 9.17) is 14.4 Å². The van der Waals surface area contributed by atoms with Crippen LogP contribution in [0.3, 0.4) is 0 Å². The number of aromatic nitrogens is 1. The van der Waals surface area contributed by atoms with Crippen molar-refractivity contribution in [2.45, 2.75) is 25.4 Å². The molecule has 1 aromatic heterocycles. The molecular formula is C24H23N3O6. The number of alkyl carbamates (subject to hydrolysis) is 1. The van der Waals surface area contributed by atoms with Gasteiger partial charge in [0.05, 0.1) is 6.54 Å². The van der Waals surface area contributed by atoms with Crippen molar-refractivity contribution in [2.75, 3.05) is 13.7 Å². The van der Waals surface area contributed by atoms with Gasteiger partial charge in [-0.15, -0.1) is 0 Å². The summed E-state index contributed by atoms with van der Waals surface area (Å²) in [6, 6.07) is 15.0. The molecule has 9 nitrogen and oxygen atoms in total. The number of likely N-dealkylation sites (N-methyl/N-ethyl adjacent to an activating group) is 1. The first kappa shape index (κ1) is 22.1. The number of carbonyl (C=O) groups excluding carboxylic acids is 2. The van der Waals surface area contributed by atoms with Crippen molar-refractivity contribution in [1.29, 1.82) is 0 Å². The van der Waals surface area contributed by atoms with Crippen LogP contribution in [0.15, 0.2) is 59.3 Å². The Morgan fingerprint density at radius 3 is 2.33 bits per heavy atom. The van der Waals surface area contributed by atoms with Crippen LogP contribution in [-0.2, 0) is 16.1 Å². The summed E-state index contributed by atoms with van der Waals surface area (Å²) in [5, 5.41) is 15.4. The van der Waals surface area contributed by atoms with Gasteiger partial charge in [-0.25, -0.2) is 9.59 Å². The Labute approximate surface area is 189 Å². The molecule has 0 aliphatic heterocycles. The maximum Gasteiger partial charge on any atom is 0.407 e. The van der Waals surface area contributed by atoms with Gasteiger partial charge in [-0.2, -0.15) is 0 Å². The van der Waals surface area contributed by atoms with Crippen molar-refractivity contribution in [2.24, 2.45) is 0 Å². The minimum absolute atomic E-state index is 0.0708. The number of amides is 2. The zero-order valence-electron chi connectivity index (χ0n) is 18.1. The van der Waals surface area contributed by atoms with Crippen LogP contribution in [0.5, 0.6) is 0 Å². The highest BCUT2D eigenvalue weighted by molar-refractivity contribution is 5.97. The number of nitrogens with zero attached hydrogens (tertiary/aromatic N) is 2. The summed E-state index contributed by atoms with van der Waals surface area (Å²) in [5.74, 6) is -1.78. The summed E-state index contributed by atoms with van der Waals surface area (Å²) in [6.07, 6.45) is 0.466. The molecule has 170 valence electrons. The second kappa shape index (κ2) is 9.15. The summed E-state index contributed by atoms with van der Waals surface area (Å²) in [6.45, 7) is 1.44. The molecule has 1 atom stereocenters. The predicted molar refractivity (Wildman–Crippen MR) is 118 cm³/mol. The van der Waals surface area contributed by atoms with E-state index in [-0.39, 0.29) is 30.3 Å². The van der Waals surface area contributed by atoms with Crippen LogP contribution in [0.4, 0.5) is 4.79 Å². The monoisotopic (exact) mass is 449 g/mol. The maximum absolute atomic E-state index is 12.6. The van der Waals surface area contributed by atoms with Crippen molar-refractivity contribution in [3.8, 4) is 11.1 Å². The van der Waals surface area contributed by atoms with Crippen LogP contribution >= 0.6 is 0 Å². The minimum atomic E-state index is -1.14. The second-order valence-electron chi connectivity index (χ2n) is 7.78. The van der Waals surface area contributed by atoms with Gasteiger partial charge in [0.15, 0.2) is 0 Å². The Bertz CT molecular complexity index is 1160. The van der Waals surface area contributed by atoms with E-state index in [1.807, 2.05) is 36.4 Å². The molecule has 2 aromatic carbocycles. The summed E-state index contributed by atoms with van der Waals surface area (Å²) in [4.78, 5) is 37.1. The van der Waals surface area contributed by atoms with Crippen LogP contribution in [0, 0.1) is 0 Å². The Hall–Kier alpha value is -4.14. The van der Waals surface area contributed by atoms with Gasteiger partial charge in [-0.3, -0.25) is 4.79 Å². The van der Waals surface area contributed by atoms with Gasteiger partial charge >= 0.3 is 12.1 Å². The SMILES string of the molecule is CC(C(=O)O)N(C)C(=O)c1conc1CNC(=O)OCC1c2ccccc2-c2ccccc21. The minimum Gasteiger partial charge on any atom is -0.480 e. The standard InChI is InChI=1S/C24H23N3O6/c1-14(23(29)30)27(2)22(28)20-13-33-26-21(20)11-25-24(31)32-12-19-17-9-5-3-7-15(17)16-8-4-6-10-18(16)19/h3-10,13-14,19H,11-12H2,1-2H3,(H,25,31)(H,29,30). The fraction of sp³-hybridized carbons (Fsp3) is 0.250. The van der Waals surface area contributed by atoms with Crippen molar-refractivity contribution >= 4 is 18.0 Å². The van der Waals surface area contributed by atoms with Gasteiger partial charge in [-0.1, -0.05) is 53.7 Å². The van der Waals surface area contributed by atoms with E-state index in [9.17, 15) is 14.4 Å². The lowest BCUT2D eigenvalue weighted by molar-refractivity contribution is -0.141. The van der Waals surface area contributed by atoms with Crippen LogP contribution < -0.4 is 5.32 Å². The third-order valence-electron chi connectivity index (χ3n) is 5.88. The first-order valence-electron chi connectivity index (χ1n) is 10.4. The molecule has 4 rings (SSSR count). The molecule has 2 N–H and O–H groups in total. The van der Waals surface area contributed by atoms with Gasteiger partial charge < -0.3 is 24.6 Å². The Morgan fingerprint density at radius 2 is 1.73 bits per heavy atom. The highest BCUT2D eigenvalue weighted by atomic mass is 16.5. The molecule has 1 aliphatic carbocycles. The number of fused-ring (bicyclic) bond motifs is 3. The van der Waals surface area contributed by atoms with E-state index in [1.165, 1.54) is 14.0 Å². The predicted octanol–water partition coefficient (Wildman–Crippen LogP) is 3.26. The Kier molecular flexibility index (Phi) is 6.12. The Balaban J connectivity index is 1.38. The lowest BCUT2D eigenvalue weighted by Gasteiger charge is -2.21. The zero-order chi connectivity index (χ0) is 23.5. The molecule has 1 aliphatic rings. The van der Waals surface area contributed by atoms with Gasteiger partial charge in [0, 0.05) is 13.0 Å². The molecule has 0 saturated heterocycles. The summed E-state index contributed by atoms with van der Waals surface area (Å²) in [5.41, 5.74) is 4.72. The topological polar surface area (TPSA) is 122 Å². The number of aliphatic carboxylic acids is 1. The van der Waals surface area contributed by atoms with E-state index in [1.54, 1.807) is 0 Å². The number of hydrogen-bond acceptors (Lipinski definition) is 6. The number of carboxylic acid groups (broad SMARTS) is 1. The largest absolute Gasteiger partial charge is 0.480 e. The highest BCUT2D eigenvalue weighted by Gasteiger charge is 2.29. The van der Waals surface area contributed by atoms with Crippen molar-refractivity contribution < 1.29 is 28.8 Å². The number of benzene rings is 2. The summed E-state index contributed by atoms with van der Waals surface area (Å²) in [7, 11) is 1.37. The van der Waals surface area contributed by atoms with Crippen LogP contribution in [0.2, 0.25) is 0 Å². The van der Waals surface area contributed by atoms with Crippen molar-refractivity contribution in [3.05, 3.63) is 77.2 Å². The van der Waals surface area contributed by atoms with E-state index in [0.29, 0.717) is 0 Å². The van der Waals surface area contributed by atoms with Crippen molar-refractivity contribution in [1.82, 2.24) is 15.4 Å². The first-order chi connectivity index (χ1) is 15.9. The molecule has 0 saturated carbocycles. The van der Waals surface area contributed by atoms with Crippen LogP contribution in [-0.4, -0.2) is 52.8 Å². The van der Waals surface area contributed by atoms with E-state index in [0.717, 1.165) is 33.4 Å². The lowest BCUT2D eigenvalue weighted by atomic mass is 9.98. The molecule has 1 heterocycles. The van der Waals surface area contributed by atoms with Gasteiger partial charge in [0.1, 0.15) is 30.2 Å². The molecule has 0 spiro atoms.